The number of likely N-dealkylation sites (tertiary alicyclic amines) is 1. The summed E-state index contributed by atoms with van der Waals surface area (Å²) < 4.78 is 27.7. The summed E-state index contributed by atoms with van der Waals surface area (Å²) in [5, 5.41) is 0. The Morgan fingerprint density at radius 1 is 1.14 bits per heavy atom. The topological polar surface area (TPSA) is 73.8 Å². The van der Waals surface area contributed by atoms with E-state index in [-0.39, 0.29) is 23.3 Å². The highest BCUT2D eigenvalue weighted by atomic mass is 32.2. The van der Waals surface area contributed by atoms with Crippen molar-refractivity contribution >= 4 is 15.9 Å². The van der Waals surface area contributed by atoms with Gasteiger partial charge in [0.2, 0.25) is 15.9 Å². The number of pyridine rings is 1. The molecular weight excluding hydrogens is 388 g/mol. The maximum absolute atomic E-state index is 13.2. The van der Waals surface area contributed by atoms with Crippen LogP contribution < -0.4 is 0 Å². The number of hydrogen-bond acceptors (Lipinski definition) is 5. The Bertz CT molecular complexity index is 982. The van der Waals surface area contributed by atoms with Gasteiger partial charge < -0.3 is 4.90 Å². The molecule has 0 radical (unpaired) electrons. The van der Waals surface area contributed by atoms with E-state index in [1.54, 1.807) is 37.3 Å². The summed E-state index contributed by atoms with van der Waals surface area (Å²) >= 11 is 0. The second kappa shape index (κ2) is 7.51. The lowest BCUT2D eigenvalue weighted by Crippen LogP contribution is -2.47. The first-order chi connectivity index (χ1) is 13.8. The number of carbonyl (C=O) groups is 1. The summed E-state index contributed by atoms with van der Waals surface area (Å²) in [6.07, 6.45) is 2.92. The van der Waals surface area contributed by atoms with Crippen molar-refractivity contribution in [2.45, 2.75) is 11.4 Å². The van der Waals surface area contributed by atoms with Crippen molar-refractivity contribution in [1.29, 1.82) is 0 Å². The first-order valence-electron chi connectivity index (χ1n) is 9.71. The molecule has 4 rings (SSSR count). The molecular formula is C21H26N4O3S. The molecule has 2 fully saturated rings. The van der Waals surface area contributed by atoms with E-state index in [1.807, 2.05) is 18.2 Å². The molecule has 2 saturated heterocycles. The predicted molar refractivity (Wildman–Crippen MR) is 109 cm³/mol. The minimum Gasteiger partial charge on any atom is -0.348 e. The lowest BCUT2D eigenvalue weighted by molar-refractivity contribution is -0.139. The van der Waals surface area contributed by atoms with E-state index < -0.39 is 15.4 Å². The average Bonchev–Trinajstić information content (AvgIpc) is 3.24. The van der Waals surface area contributed by atoms with Gasteiger partial charge in [-0.3, -0.25) is 14.7 Å². The molecule has 0 aliphatic carbocycles. The van der Waals surface area contributed by atoms with Crippen LogP contribution in [0.3, 0.4) is 0 Å². The van der Waals surface area contributed by atoms with Crippen LogP contribution in [0.4, 0.5) is 0 Å². The average molecular weight is 415 g/mol. The predicted octanol–water partition coefficient (Wildman–Crippen LogP) is 1.29. The fourth-order valence-electron chi connectivity index (χ4n) is 4.66. The maximum atomic E-state index is 13.2. The third-order valence-corrected chi connectivity index (χ3v) is 7.80. The van der Waals surface area contributed by atoms with E-state index in [9.17, 15) is 13.2 Å². The van der Waals surface area contributed by atoms with Crippen LogP contribution in [0.2, 0.25) is 0 Å². The number of sulfonamides is 1. The van der Waals surface area contributed by atoms with E-state index in [0.717, 1.165) is 6.54 Å². The second-order valence-electron chi connectivity index (χ2n) is 8.19. The van der Waals surface area contributed by atoms with Gasteiger partial charge in [0.05, 0.1) is 5.41 Å². The van der Waals surface area contributed by atoms with E-state index in [0.29, 0.717) is 19.6 Å². The molecule has 0 spiro atoms. The Hall–Kier alpha value is -2.29. The van der Waals surface area contributed by atoms with Gasteiger partial charge in [-0.2, -0.15) is 4.31 Å². The normalized spacial score (nSPS) is 25.1. The molecule has 2 aliphatic heterocycles. The standard InChI is InChI=1S/C21H26N4O3S/c1-23(2)20(26)21-15-24(12-17-7-4-3-5-8-17)13-18(21)14-25(16-21)29(27,28)19-9-6-10-22-11-19/h3-11,18H,12-16H2,1-2H3/t18-,21-/m0/s1. The van der Waals surface area contributed by atoms with Crippen LogP contribution in [0.5, 0.6) is 0 Å². The van der Waals surface area contributed by atoms with Gasteiger partial charge in [-0.1, -0.05) is 30.3 Å². The van der Waals surface area contributed by atoms with Gasteiger partial charge in [0, 0.05) is 65.1 Å². The minimum absolute atomic E-state index is 0.00180. The third-order valence-electron chi connectivity index (χ3n) is 6.00. The molecule has 1 aromatic heterocycles. The number of fused-ring (bicyclic) bond motifs is 1. The van der Waals surface area contributed by atoms with Crippen LogP contribution in [0.1, 0.15) is 5.56 Å². The molecule has 1 amide bonds. The molecule has 2 aliphatic rings. The van der Waals surface area contributed by atoms with Crippen LogP contribution in [0.25, 0.3) is 0 Å². The molecule has 0 unspecified atom stereocenters. The van der Waals surface area contributed by atoms with Crippen LogP contribution in [0, 0.1) is 11.3 Å². The Kier molecular flexibility index (Phi) is 5.18. The quantitative estimate of drug-likeness (QED) is 0.737. The monoisotopic (exact) mass is 414 g/mol. The number of aromatic nitrogens is 1. The summed E-state index contributed by atoms with van der Waals surface area (Å²) in [5.74, 6) is -0.0329. The highest BCUT2D eigenvalue weighted by Gasteiger charge is 2.59. The van der Waals surface area contributed by atoms with Crippen molar-refractivity contribution in [3.8, 4) is 0 Å². The van der Waals surface area contributed by atoms with Crippen molar-refractivity contribution in [2.75, 3.05) is 40.3 Å². The molecule has 0 bridgehead atoms. The van der Waals surface area contributed by atoms with Gasteiger partial charge in [-0.25, -0.2) is 8.42 Å². The molecule has 29 heavy (non-hydrogen) atoms. The Balaban J connectivity index is 1.60. The fourth-order valence-corrected chi connectivity index (χ4v) is 6.18. The summed E-state index contributed by atoms with van der Waals surface area (Å²) in [7, 11) is -0.188. The lowest BCUT2D eigenvalue weighted by Gasteiger charge is -2.31. The van der Waals surface area contributed by atoms with Gasteiger partial charge in [0.1, 0.15) is 4.90 Å². The smallest absolute Gasteiger partial charge is 0.244 e. The van der Waals surface area contributed by atoms with Crippen LogP contribution in [-0.2, 0) is 21.4 Å². The molecule has 2 aromatic rings. The number of hydrogen-bond donors (Lipinski definition) is 0. The Morgan fingerprint density at radius 2 is 1.90 bits per heavy atom. The first-order valence-corrected chi connectivity index (χ1v) is 11.2. The van der Waals surface area contributed by atoms with E-state index in [1.165, 1.54) is 16.1 Å². The molecule has 8 heteroatoms. The summed E-state index contributed by atoms with van der Waals surface area (Å²) in [5.41, 5.74) is 0.480. The number of nitrogens with zero attached hydrogens (tertiary/aromatic N) is 4. The summed E-state index contributed by atoms with van der Waals surface area (Å²) in [6, 6.07) is 13.3. The fraction of sp³-hybridized carbons (Fsp3) is 0.429. The number of benzene rings is 1. The minimum atomic E-state index is -3.67. The number of amides is 1. The van der Waals surface area contributed by atoms with Gasteiger partial charge in [-0.15, -0.1) is 0 Å². The van der Waals surface area contributed by atoms with Gasteiger partial charge in [0.15, 0.2) is 0 Å². The Morgan fingerprint density at radius 3 is 2.55 bits per heavy atom. The van der Waals surface area contributed by atoms with Crippen LogP contribution in [0.15, 0.2) is 59.8 Å². The third kappa shape index (κ3) is 3.56. The molecule has 3 heterocycles. The summed E-state index contributed by atoms with van der Waals surface area (Å²) in [4.78, 5) is 21.2. The number of carbonyl (C=O) groups excluding carboxylic acids is 1. The SMILES string of the molecule is CN(C)C(=O)[C@]12CN(Cc3ccccc3)C[C@H]1CN(S(=O)(=O)c1cccnc1)C2. The summed E-state index contributed by atoms with van der Waals surface area (Å²) in [6.45, 7) is 2.57. The number of rotatable bonds is 5. The van der Waals surface area contributed by atoms with E-state index >= 15 is 0 Å². The van der Waals surface area contributed by atoms with Crippen molar-refractivity contribution in [2.24, 2.45) is 11.3 Å². The highest BCUT2D eigenvalue weighted by Crippen LogP contribution is 2.45. The second-order valence-corrected chi connectivity index (χ2v) is 10.1. The van der Waals surface area contributed by atoms with E-state index in [4.69, 9.17) is 0 Å². The Labute approximate surface area is 172 Å². The maximum Gasteiger partial charge on any atom is 0.244 e. The first kappa shape index (κ1) is 20.0. The molecule has 154 valence electrons. The van der Waals surface area contributed by atoms with Gasteiger partial charge in [0.25, 0.3) is 0 Å². The van der Waals surface area contributed by atoms with Gasteiger partial charge >= 0.3 is 0 Å². The zero-order valence-electron chi connectivity index (χ0n) is 16.7. The van der Waals surface area contributed by atoms with Crippen molar-refractivity contribution in [3.05, 3.63) is 60.4 Å². The highest BCUT2D eigenvalue weighted by molar-refractivity contribution is 7.89. The molecule has 0 saturated carbocycles. The van der Waals surface area contributed by atoms with Crippen molar-refractivity contribution in [3.63, 3.8) is 0 Å². The van der Waals surface area contributed by atoms with E-state index in [2.05, 4.69) is 22.0 Å². The molecule has 1 aromatic carbocycles. The largest absolute Gasteiger partial charge is 0.348 e. The zero-order valence-corrected chi connectivity index (χ0v) is 17.5. The molecule has 7 nitrogen and oxygen atoms in total. The lowest BCUT2D eigenvalue weighted by atomic mass is 9.80. The van der Waals surface area contributed by atoms with Crippen LogP contribution >= 0.6 is 0 Å². The van der Waals surface area contributed by atoms with Crippen molar-refractivity contribution < 1.29 is 13.2 Å². The molecule has 0 N–H and O–H groups in total. The zero-order chi connectivity index (χ0) is 20.6. The van der Waals surface area contributed by atoms with Gasteiger partial charge in [-0.05, 0) is 17.7 Å². The van der Waals surface area contributed by atoms with Crippen molar-refractivity contribution in [1.82, 2.24) is 19.1 Å². The van der Waals surface area contributed by atoms with Crippen LogP contribution in [-0.4, -0.2) is 73.7 Å². The molecule has 2 atom stereocenters.